The predicted molar refractivity (Wildman–Crippen MR) is 153 cm³/mol. The van der Waals surface area contributed by atoms with Crippen molar-refractivity contribution < 1.29 is 73.6 Å². The van der Waals surface area contributed by atoms with Gasteiger partial charge in [0.25, 0.3) is 0 Å². The number of fused-ring (bicyclic) bond motifs is 1. The van der Waals surface area contributed by atoms with Gasteiger partial charge in [-0.15, -0.1) is 0 Å². The third kappa shape index (κ3) is 13.2. The number of rotatable bonds is 4. The van der Waals surface area contributed by atoms with Crippen LogP contribution in [0.25, 0.3) is 16.6 Å². The molecular formula is C29H25F10N5O6. The van der Waals surface area contributed by atoms with E-state index in [1.165, 1.54) is 17.7 Å². The van der Waals surface area contributed by atoms with Gasteiger partial charge in [0, 0.05) is 51.3 Å². The molecule has 0 unspecified atom stereocenters. The number of halogens is 10. The van der Waals surface area contributed by atoms with Crippen molar-refractivity contribution in [2.45, 2.75) is 25.1 Å². The largest absolute Gasteiger partial charge is 0.490 e. The number of carboxylic acid groups (broad SMARTS) is 3. The highest BCUT2D eigenvalue weighted by atomic mass is 19.4. The maximum absolute atomic E-state index is 13.3. The summed E-state index contributed by atoms with van der Waals surface area (Å²) in [5.41, 5.74) is 5.54. The molecule has 1 aliphatic rings. The molecule has 1 fully saturated rings. The fourth-order valence-electron chi connectivity index (χ4n) is 3.93. The first-order valence-corrected chi connectivity index (χ1v) is 13.6. The summed E-state index contributed by atoms with van der Waals surface area (Å²) < 4.78 is 110. The summed E-state index contributed by atoms with van der Waals surface area (Å²) in [5.74, 6) is -8.49. The number of benzene rings is 1. The van der Waals surface area contributed by atoms with Gasteiger partial charge in [-0.25, -0.2) is 23.3 Å². The molecule has 0 saturated carbocycles. The minimum Gasteiger partial charge on any atom is -0.475 e. The molecule has 0 radical (unpaired) electrons. The van der Waals surface area contributed by atoms with Crippen molar-refractivity contribution >= 4 is 29.1 Å². The lowest BCUT2D eigenvalue weighted by atomic mass is 10.1. The second-order valence-corrected chi connectivity index (χ2v) is 9.82. The molecule has 1 aromatic carbocycles. The molecule has 0 amide bonds. The van der Waals surface area contributed by atoms with Gasteiger partial charge >= 0.3 is 36.4 Å². The SMILES string of the molecule is Fc1ccc(-c2ccn3ncc(N4CCN(Cc5cccnc5)CC4)c3c2)cc1.O=C(O)C(F)(F)F.O=C(O)C(F)(F)F.O=C(O)C(F)(F)F. The fraction of sp³-hybridized carbons (Fsp3) is 0.276. The van der Waals surface area contributed by atoms with Gasteiger partial charge in [-0.1, -0.05) is 18.2 Å². The molecule has 1 saturated heterocycles. The number of aromatic nitrogens is 3. The summed E-state index contributed by atoms with van der Waals surface area (Å²) in [6.07, 6.45) is -7.59. The van der Waals surface area contributed by atoms with Crippen molar-refractivity contribution in [3.8, 4) is 11.1 Å². The fourth-order valence-corrected chi connectivity index (χ4v) is 3.93. The topological polar surface area (TPSA) is 149 Å². The van der Waals surface area contributed by atoms with Gasteiger partial charge in [0.1, 0.15) is 5.82 Å². The number of carbonyl (C=O) groups is 3. The van der Waals surface area contributed by atoms with Gasteiger partial charge in [-0.2, -0.15) is 44.6 Å². The Morgan fingerprint density at radius 1 is 0.700 bits per heavy atom. The third-order valence-electron chi connectivity index (χ3n) is 6.25. The Labute approximate surface area is 274 Å². The number of anilines is 1. The number of pyridine rings is 2. The van der Waals surface area contributed by atoms with Crippen LogP contribution >= 0.6 is 0 Å². The Hall–Kier alpha value is -5.47. The van der Waals surface area contributed by atoms with Crippen molar-refractivity contribution in [3.63, 3.8) is 0 Å². The van der Waals surface area contributed by atoms with Crippen molar-refractivity contribution in [2.24, 2.45) is 0 Å². The van der Waals surface area contributed by atoms with E-state index in [-0.39, 0.29) is 5.82 Å². The molecule has 5 rings (SSSR count). The lowest BCUT2D eigenvalue weighted by molar-refractivity contribution is -0.193. The van der Waals surface area contributed by atoms with E-state index in [4.69, 9.17) is 29.7 Å². The number of aliphatic carboxylic acids is 3. The molecule has 0 aliphatic carbocycles. The van der Waals surface area contributed by atoms with E-state index in [2.05, 4.69) is 32.0 Å². The first kappa shape index (κ1) is 40.7. The van der Waals surface area contributed by atoms with E-state index in [0.717, 1.165) is 55.1 Å². The Kier molecular flexibility index (Phi) is 14.1. The molecule has 50 heavy (non-hydrogen) atoms. The zero-order valence-electron chi connectivity index (χ0n) is 25.0. The molecule has 0 spiro atoms. The van der Waals surface area contributed by atoms with Gasteiger partial charge in [-0.05, 0) is 47.0 Å². The van der Waals surface area contributed by atoms with Crippen molar-refractivity contribution in [3.05, 3.63) is 84.7 Å². The van der Waals surface area contributed by atoms with Crippen LogP contribution in [0.5, 0.6) is 0 Å². The van der Waals surface area contributed by atoms with Crippen LogP contribution in [0.4, 0.5) is 49.6 Å². The van der Waals surface area contributed by atoms with Crippen molar-refractivity contribution in [1.82, 2.24) is 19.5 Å². The summed E-state index contributed by atoms with van der Waals surface area (Å²) in [7, 11) is 0. The first-order chi connectivity index (χ1) is 23.1. The Morgan fingerprint density at radius 2 is 1.20 bits per heavy atom. The number of nitrogens with zero attached hydrogens (tertiary/aromatic N) is 5. The molecule has 4 aromatic rings. The van der Waals surface area contributed by atoms with E-state index < -0.39 is 36.4 Å². The second-order valence-electron chi connectivity index (χ2n) is 9.82. The highest BCUT2D eigenvalue weighted by Gasteiger charge is 2.39. The van der Waals surface area contributed by atoms with Gasteiger partial charge < -0.3 is 20.2 Å². The molecule has 0 bridgehead atoms. The summed E-state index contributed by atoms with van der Waals surface area (Å²) in [5, 5.41) is 25.9. The second kappa shape index (κ2) is 17.3. The average Bonchev–Trinajstić information content (AvgIpc) is 3.45. The van der Waals surface area contributed by atoms with E-state index in [9.17, 15) is 43.9 Å². The number of piperazine rings is 1. The van der Waals surface area contributed by atoms with Crippen LogP contribution in [0.2, 0.25) is 0 Å². The number of hydrogen-bond donors (Lipinski definition) is 3. The molecule has 272 valence electrons. The lowest BCUT2D eigenvalue weighted by Crippen LogP contribution is -2.45. The van der Waals surface area contributed by atoms with E-state index in [0.29, 0.717) is 0 Å². The van der Waals surface area contributed by atoms with Crippen LogP contribution in [0.3, 0.4) is 0 Å². The molecule has 4 heterocycles. The monoisotopic (exact) mass is 729 g/mol. The predicted octanol–water partition coefficient (Wildman–Crippen LogP) is 5.76. The van der Waals surface area contributed by atoms with Gasteiger partial charge in [0.05, 0.1) is 17.4 Å². The zero-order chi connectivity index (χ0) is 37.9. The van der Waals surface area contributed by atoms with E-state index in [1.54, 1.807) is 0 Å². The zero-order valence-corrected chi connectivity index (χ0v) is 25.0. The maximum atomic E-state index is 13.3. The van der Waals surface area contributed by atoms with Crippen LogP contribution in [0.1, 0.15) is 5.56 Å². The van der Waals surface area contributed by atoms with Crippen molar-refractivity contribution in [1.29, 1.82) is 0 Å². The van der Waals surface area contributed by atoms with E-state index in [1.807, 2.05) is 53.6 Å². The summed E-state index contributed by atoms with van der Waals surface area (Å²) in [4.78, 5) is 35.8. The number of alkyl halides is 9. The standard InChI is InChI=1S/C23H22FN5.3C2HF3O2/c24-21-5-3-19(4-6-21)20-7-9-29-22(14-20)23(16-26-29)28-12-10-27(11-13-28)17-18-2-1-8-25-15-18;3*3-2(4,5)1(6)7/h1-9,14-16H,10-13,17H2;3*(H,6,7). The highest BCUT2D eigenvalue weighted by molar-refractivity contribution is 5.78. The molecule has 1 aliphatic heterocycles. The number of carboxylic acids is 3. The Morgan fingerprint density at radius 3 is 1.64 bits per heavy atom. The summed E-state index contributed by atoms with van der Waals surface area (Å²) in [6.45, 7) is 4.86. The van der Waals surface area contributed by atoms with Crippen molar-refractivity contribution in [2.75, 3.05) is 31.1 Å². The van der Waals surface area contributed by atoms with Gasteiger partial charge in [-0.3, -0.25) is 9.88 Å². The molecule has 0 atom stereocenters. The summed E-state index contributed by atoms with van der Waals surface area (Å²) in [6, 6.07) is 14.9. The molecular weight excluding hydrogens is 704 g/mol. The minimum absolute atomic E-state index is 0.218. The van der Waals surface area contributed by atoms with Gasteiger partial charge in [0.15, 0.2) is 0 Å². The van der Waals surface area contributed by atoms with Crippen LogP contribution in [0.15, 0.2) is 73.3 Å². The molecule has 11 nitrogen and oxygen atoms in total. The maximum Gasteiger partial charge on any atom is 0.490 e. The molecule has 21 heteroatoms. The average molecular weight is 730 g/mol. The smallest absolute Gasteiger partial charge is 0.475 e. The van der Waals surface area contributed by atoms with E-state index >= 15 is 0 Å². The molecule has 3 aromatic heterocycles. The quantitative estimate of drug-likeness (QED) is 0.222. The van der Waals surface area contributed by atoms with Crippen LogP contribution < -0.4 is 4.90 Å². The van der Waals surface area contributed by atoms with Crippen LogP contribution in [-0.2, 0) is 20.9 Å². The normalized spacial score (nSPS) is 13.5. The molecule has 3 N–H and O–H groups in total. The minimum atomic E-state index is -5.08. The lowest BCUT2D eigenvalue weighted by Gasteiger charge is -2.35. The van der Waals surface area contributed by atoms with Crippen LogP contribution in [-0.4, -0.2) is 97.4 Å². The Balaban J connectivity index is 0.000000338. The third-order valence-corrected chi connectivity index (χ3v) is 6.25. The highest BCUT2D eigenvalue weighted by Crippen LogP contribution is 2.28. The Bertz CT molecular complexity index is 1650. The summed E-state index contributed by atoms with van der Waals surface area (Å²) >= 11 is 0. The van der Waals surface area contributed by atoms with Gasteiger partial charge in [0.2, 0.25) is 0 Å². The van der Waals surface area contributed by atoms with Crippen LogP contribution in [0, 0.1) is 5.82 Å². The number of hydrogen-bond acceptors (Lipinski definition) is 7. The first-order valence-electron chi connectivity index (χ1n) is 13.6.